The molecule has 0 saturated heterocycles. The van der Waals surface area contributed by atoms with Gasteiger partial charge in [0.25, 0.3) is 0 Å². The Morgan fingerprint density at radius 1 is 1.12 bits per heavy atom. The molecule has 0 radical (unpaired) electrons. The van der Waals surface area contributed by atoms with Crippen LogP contribution in [0.2, 0.25) is 0 Å². The molecule has 5 heteroatoms. The third-order valence-electron chi connectivity index (χ3n) is 5.02. The molecule has 140 valence electrons. The van der Waals surface area contributed by atoms with E-state index in [0.29, 0.717) is 16.8 Å². The SMILES string of the molecule is CC(/C=C/C(F)=C(/C)c1cnc2c(n1)C(C)(C)CCC2(C)C)=C\C(=O)O. The van der Waals surface area contributed by atoms with E-state index in [0.717, 1.165) is 30.3 Å². The molecule has 1 aliphatic carbocycles. The zero-order valence-corrected chi connectivity index (χ0v) is 16.4. The first-order valence-corrected chi connectivity index (χ1v) is 8.78. The van der Waals surface area contributed by atoms with Crippen LogP contribution in [-0.2, 0) is 15.6 Å². The van der Waals surface area contributed by atoms with E-state index in [-0.39, 0.29) is 10.8 Å². The number of aliphatic carboxylic acids is 1. The molecular formula is C21H27FN2O2. The van der Waals surface area contributed by atoms with Crippen molar-refractivity contribution in [1.82, 2.24) is 9.97 Å². The van der Waals surface area contributed by atoms with Gasteiger partial charge in [0.2, 0.25) is 0 Å². The first-order chi connectivity index (χ1) is 11.9. The average molecular weight is 358 g/mol. The number of carboxylic acid groups (broad SMARTS) is 1. The number of halogens is 1. The maximum Gasteiger partial charge on any atom is 0.328 e. The van der Waals surface area contributed by atoms with Gasteiger partial charge >= 0.3 is 5.97 Å². The van der Waals surface area contributed by atoms with E-state index in [2.05, 4.69) is 32.7 Å². The van der Waals surface area contributed by atoms with Crippen molar-refractivity contribution in [3.8, 4) is 0 Å². The van der Waals surface area contributed by atoms with E-state index in [1.54, 1.807) is 20.0 Å². The largest absolute Gasteiger partial charge is 0.478 e. The Bertz CT molecular complexity index is 817. The van der Waals surface area contributed by atoms with Crippen molar-refractivity contribution in [2.24, 2.45) is 0 Å². The lowest BCUT2D eigenvalue weighted by atomic mass is 9.67. The van der Waals surface area contributed by atoms with Crippen LogP contribution in [0.3, 0.4) is 0 Å². The fourth-order valence-corrected chi connectivity index (χ4v) is 3.09. The zero-order chi connectivity index (χ0) is 19.7. The molecule has 0 fully saturated rings. The highest BCUT2D eigenvalue weighted by Gasteiger charge is 2.39. The molecule has 1 N–H and O–H groups in total. The second kappa shape index (κ2) is 7.14. The van der Waals surface area contributed by atoms with Crippen molar-refractivity contribution in [2.45, 2.75) is 65.2 Å². The van der Waals surface area contributed by atoms with Gasteiger partial charge in [-0.1, -0.05) is 33.8 Å². The molecule has 1 heterocycles. The number of carbonyl (C=O) groups is 1. The van der Waals surface area contributed by atoms with Gasteiger partial charge in [-0.25, -0.2) is 14.2 Å². The molecule has 0 bridgehead atoms. The van der Waals surface area contributed by atoms with Crippen molar-refractivity contribution in [3.05, 3.63) is 52.9 Å². The van der Waals surface area contributed by atoms with Gasteiger partial charge in [-0.2, -0.15) is 0 Å². The molecule has 2 rings (SSSR count). The fourth-order valence-electron chi connectivity index (χ4n) is 3.09. The standard InChI is InChI=1S/C21H27FN2O2/c1-13(11-17(25)26)7-8-15(22)14(2)16-12-23-18-19(24-16)21(5,6)10-9-20(18,3)4/h7-8,11-12H,9-10H2,1-6H3,(H,25,26)/b8-7+,13-11+,15-14+. The third-order valence-corrected chi connectivity index (χ3v) is 5.02. The van der Waals surface area contributed by atoms with Crippen LogP contribution in [0.1, 0.15) is 71.5 Å². The second-order valence-corrected chi connectivity index (χ2v) is 8.25. The fraction of sp³-hybridized carbons (Fsp3) is 0.476. The van der Waals surface area contributed by atoms with Gasteiger partial charge in [0.1, 0.15) is 5.83 Å². The van der Waals surface area contributed by atoms with Crippen LogP contribution in [0.25, 0.3) is 5.57 Å². The molecule has 1 aromatic heterocycles. The highest BCUT2D eigenvalue weighted by Crippen LogP contribution is 2.44. The van der Waals surface area contributed by atoms with Crippen molar-refractivity contribution >= 4 is 11.5 Å². The van der Waals surface area contributed by atoms with E-state index in [1.807, 2.05) is 0 Å². The summed E-state index contributed by atoms with van der Waals surface area (Å²) in [5.74, 6) is -1.51. The number of carboxylic acids is 1. The lowest BCUT2D eigenvalue weighted by Gasteiger charge is -2.39. The maximum absolute atomic E-state index is 14.5. The summed E-state index contributed by atoms with van der Waals surface area (Å²) in [6.07, 6.45) is 7.41. The maximum atomic E-state index is 14.5. The van der Waals surface area contributed by atoms with E-state index in [9.17, 15) is 9.18 Å². The van der Waals surface area contributed by atoms with Crippen LogP contribution in [0, 0.1) is 0 Å². The summed E-state index contributed by atoms with van der Waals surface area (Å²) in [5, 5.41) is 8.71. The minimum atomic E-state index is -1.06. The number of nitrogens with zero attached hydrogens (tertiary/aromatic N) is 2. The summed E-state index contributed by atoms with van der Waals surface area (Å²) in [5.41, 5.74) is 3.15. The zero-order valence-electron chi connectivity index (χ0n) is 16.4. The van der Waals surface area contributed by atoms with Crippen molar-refractivity contribution in [1.29, 1.82) is 0 Å². The number of hydrogen-bond acceptors (Lipinski definition) is 3. The van der Waals surface area contributed by atoms with Crippen LogP contribution in [-0.4, -0.2) is 21.0 Å². The smallest absolute Gasteiger partial charge is 0.328 e. The molecule has 0 aromatic carbocycles. The summed E-state index contributed by atoms with van der Waals surface area (Å²) in [6, 6.07) is 0. The molecule has 4 nitrogen and oxygen atoms in total. The normalized spacial score (nSPS) is 19.9. The van der Waals surface area contributed by atoms with E-state index in [4.69, 9.17) is 10.1 Å². The average Bonchev–Trinajstić information content (AvgIpc) is 2.55. The summed E-state index contributed by atoms with van der Waals surface area (Å²) >= 11 is 0. The predicted octanol–water partition coefficient (Wildman–Crippen LogP) is 5.11. The molecule has 0 atom stereocenters. The van der Waals surface area contributed by atoms with Gasteiger partial charge in [-0.3, -0.25) is 4.98 Å². The summed E-state index contributed by atoms with van der Waals surface area (Å²) in [4.78, 5) is 20.0. The van der Waals surface area contributed by atoms with Crippen molar-refractivity contribution < 1.29 is 14.3 Å². The van der Waals surface area contributed by atoms with Gasteiger partial charge in [0, 0.05) is 22.5 Å². The number of allylic oxidation sites excluding steroid dienone is 5. The lowest BCUT2D eigenvalue weighted by molar-refractivity contribution is -0.131. The molecular weight excluding hydrogens is 331 g/mol. The van der Waals surface area contributed by atoms with E-state index in [1.165, 1.54) is 12.2 Å². The molecule has 0 saturated carbocycles. The predicted molar refractivity (Wildman–Crippen MR) is 102 cm³/mol. The first-order valence-electron chi connectivity index (χ1n) is 8.78. The number of aromatic nitrogens is 2. The molecule has 0 unspecified atom stereocenters. The summed E-state index contributed by atoms with van der Waals surface area (Å²) in [7, 11) is 0. The Labute approximate surface area is 154 Å². The Morgan fingerprint density at radius 2 is 1.69 bits per heavy atom. The van der Waals surface area contributed by atoms with Crippen LogP contribution < -0.4 is 0 Å². The minimum absolute atomic E-state index is 0.0365. The van der Waals surface area contributed by atoms with Gasteiger partial charge in [0.15, 0.2) is 0 Å². The Morgan fingerprint density at radius 3 is 2.27 bits per heavy atom. The van der Waals surface area contributed by atoms with E-state index >= 15 is 0 Å². The van der Waals surface area contributed by atoms with Crippen LogP contribution >= 0.6 is 0 Å². The Kier molecular flexibility index (Phi) is 5.49. The topological polar surface area (TPSA) is 63.1 Å². The molecule has 0 aliphatic heterocycles. The van der Waals surface area contributed by atoms with Gasteiger partial charge in [0.05, 0.1) is 23.3 Å². The summed E-state index contributed by atoms with van der Waals surface area (Å²) < 4.78 is 14.5. The molecule has 0 spiro atoms. The van der Waals surface area contributed by atoms with Crippen molar-refractivity contribution in [3.63, 3.8) is 0 Å². The quantitative estimate of drug-likeness (QED) is 0.600. The van der Waals surface area contributed by atoms with Gasteiger partial charge < -0.3 is 5.11 Å². The van der Waals surface area contributed by atoms with E-state index < -0.39 is 11.8 Å². The third kappa shape index (κ3) is 4.26. The van der Waals surface area contributed by atoms with Crippen LogP contribution in [0.15, 0.2) is 35.8 Å². The second-order valence-electron chi connectivity index (χ2n) is 8.25. The molecule has 1 aliphatic rings. The Hall–Kier alpha value is -2.30. The minimum Gasteiger partial charge on any atom is -0.478 e. The molecule has 1 aromatic rings. The van der Waals surface area contributed by atoms with Crippen LogP contribution in [0.4, 0.5) is 4.39 Å². The molecule has 26 heavy (non-hydrogen) atoms. The number of hydrogen-bond donors (Lipinski definition) is 1. The summed E-state index contributed by atoms with van der Waals surface area (Å²) in [6.45, 7) is 11.9. The van der Waals surface area contributed by atoms with Gasteiger partial charge in [-0.05, 0) is 38.3 Å². The monoisotopic (exact) mass is 358 g/mol. The Balaban J connectivity index is 2.43. The highest BCUT2D eigenvalue weighted by atomic mass is 19.1. The number of rotatable bonds is 4. The highest BCUT2D eigenvalue weighted by molar-refractivity contribution is 5.81. The van der Waals surface area contributed by atoms with Gasteiger partial charge in [-0.15, -0.1) is 0 Å². The first kappa shape index (κ1) is 20.0. The lowest BCUT2D eigenvalue weighted by Crippen LogP contribution is -2.36. The van der Waals surface area contributed by atoms with Crippen molar-refractivity contribution in [2.75, 3.05) is 0 Å². The molecule has 0 amide bonds. The number of fused-ring (bicyclic) bond motifs is 1. The van der Waals surface area contributed by atoms with Crippen LogP contribution in [0.5, 0.6) is 0 Å².